The van der Waals surface area contributed by atoms with Crippen LogP contribution in [0, 0.1) is 0 Å². The van der Waals surface area contributed by atoms with E-state index in [1.165, 1.54) is 0 Å². The summed E-state index contributed by atoms with van der Waals surface area (Å²) >= 11 is 0. The van der Waals surface area contributed by atoms with E-state index in [4.69, 9.17) is 4.74 Å². The minimum atomic E-state index is -0.595. The molecule has 0 bridgehead atoms. The highest BCUT2D eigenvalue weighted by atomic mass is 16.6. The summed E-state index contributed by atoms with van der Waals surface area (Å²) in [4.78, 5) is 33.8. The Hall–Kier alpha value is -2.89. The highest BCUT2D eigenvalue weighted by Crippen LogP contribution is 2.37. The lowest BCUT2D eigenvalue weighted by Crippen LogP contribution is -2.38. The number of amides is 2. The normalized spacial score (nSPS) is 16.6. The number of likely N-dealkylation sites (tertiary alicyclic amines) is 1. The summed E-state index contributed by atoms with van der Waals surface area (Å²) in [5.74, 6) is 0.560. The second-order valence-electron chi connectivity index (χ2n) is 8.16. The molecule has 6 nitrogen and oxygen atoms in total. The first-order valence-electron chi connectivity index (χ1n) is 10.1. The summed E-state index contributed by atoms with van der Waals surface area (Å²) < 4.78 is 5.57. The molecule has 3 rings (SSSR count). The molecule has 0 radical (unpaired) electrons. The van der Waals surface area contributed by atoms with E-state index in [1.54, 1.807) is 11.1 Å². The Morgan fingerprint density at radius 2 is 1.90 bits per heavy atom. The molecule has 1 saturated heterocycles. The largest absolute Gasteiger partial charge is 0.443 e. The Morgan fingerprint density at radius 3 is 2.55 bits per heavy atom. The van der Waals surface area contributed by atoms with Crippen LogP contribution in [0.3, 0.4) is 0 Å². The predicted octanol–water partition coefficient (Wildman–Crippen LogP) is 4.82. The lowest BCUT2D eigenvalue weighted by Gasteiger charge is -2.30. The van der Waals surface area contributed by atoms with Gasteiger partial charge in [0.05, 0.1) is 6.04 Å². The molecule has 0 spiro atoms. The fourth-order valence-electron chi connectivity index (χ4n) is 3.66. The summed E-state index contributed by atoms with van der Waals surface area (Å²) in [5, 5.41) is 0. The predicted molar refractivity (Wildman–Crippen MR) is 113 cm³/mol. The fraction of sp³-hybridized carbons (Fsp3) is 0.435. The molecule has 0 unspecified atom stereocenters. The maximum absolute atomic E-state index is 13.1. The molecule has 154 valence electrons. The third-order valence-electron chi connectivity index (χ3n) is 4.90. The molecule has 1 aliphatic rings. The molecule has 0 aliphatic carbocycles. The van der Waals surface area contributed by atoms with Crippen molar-refractivity contribution in [2.75, 3.05) is 18.0 Å². The number of nitrogens with zero attached hydrogens (tertiary/aromatic N) is 3. The van der Waals surface area contributed by atoms with Crippen LogP contribution in [0.5, 0.6) is 0 Å². The maximum atomic E-state index is 13.1. The van der Waals surface area contributed by atoms with Crippen molar-refractivity contribution in [3.05, 3.63) is 59.8 Å². The minimum Gasteiger partial charge on any atom is -0.443 e. The van der Waals surface area contributed by atoms with E-state index in [0.717, 1.165) is 18.4 Å². The van der Waals surface area contributed by atoms with E-state index in [2.05, 4.69) is 4.98 Å². The van der Waals surface area contributed by atoms with Gasteiger partial charge in [-0.1, -0.05) is 24.3 Å². The first-order valence-corrected chi connectivity index (χ1v) is 10.1. The summed E-state index contributed by atoms with van der Waals surface area (Å²) in [6.07, 6.45) is 2.99. The van der Waals surface area contributed by atoms with E-state index >= 15 is 0 Å². The second-order valence-corrected chi connectivity index (χ2v) is 8.16. The van der Waals surface area contributed by atoms with Crippen LogP contribution < -0.4 is 4.90 Å². The lowest BCUT2D eigenvalue weighted by atomic mass is 10.0. The van der Waals surface area contributed by atoms with Gasteiger partial charge >= 0.3 is 6.09 Å². The van der Waals surface area contributed by atoms with E-state index in [0.29, 0.717) is 24.5 Å². The van der Waals surface area contributed by atoms with Gasteiger partial charge in [-0.2, -0.15) is 0 Å². The van der Waals surface area contributed by atoms with Gasteiger partial charge in [0.1, 0.15) is 11.4 Å². The van der Waals surface area contributed by atoms with Crippen molar-refractivity contribution in [3.8, 4) is 0 Å². The SMILES string of the molecule is CCN(C(=O)OC(C)(C)C)c1ncccc1[C@H]1CCCN1C(=O)c1ccccc1. The number of benzene rings is 1. The van der Waals surface area contributed by atoms with Crippen LogP contribution in [-0.2, 0) is 4.74 Å². The maximum Gasteiger partial charge on any atom is 0.415 e. The van der Waals surface area contributed by atoms with Crippen LogP contribution in [0.15, 0.2) is 48.7 Å². The van der Waals surface area contributed by atoms with Crippen molar-refractivity contribution in [2.45, 2.75) is 52.2 Å². The Labute approximate surface area is 172 Å². The van der Waals surface area contributed by atoms with Crippen LogP contribution in [0.25, 0.3) is 0 Å². The van der Waals surface area contributed by atoms with E-state index in [9.17, 15) is 9.59 Å². The number of pyridine rings is 1. The van der Waals surface area contributed by atoms with Crippen molar-refractivity contribution < 1.29 is 14.3 Å². The molecule has 6 heteroatoms. The van der Waals surface area contributed by atoms with Gasteiger partial charge in [-0.15, -0.1) is 0 Å². The Bertz CT molecular complexity index is 861. The molecule has 0 saturated carbocycles. The average molecular weight is 396 g/mol. The number of carbonyl (C=O) groups is 2. The summed E-state index contributed by atoms with van der Waals surface area (Å²) in [6, 6.07) is 13.0. The molecular weight excluding hydrogens is 366 g/mol. The van der Waals surface area contributed by atoms with Crippen molar-refractivity contribution in [3.63, 3.8) is 0 Å². The molecule has 0 N–H and O–H groups in total. The number of ether oxygens (including phenoxy) is 1. The molecular formula is C23H29N3O3. The first-order chi connectivity index (χ1) is 13.8. The molecule has 1 aromatic heterocycles. The monoisotopic (exact) mass is 395 g/mol. The number of hydrogen-bond acceptors (Lipinski definition) is 4. The molecule has 2 aromatic rings. The van der Waals surface area contributed by atoms with Gasteiger partial charge in [0.15, 0.2) is 0 Å². The van der Waals surface area contributed by atoms with E-state index in [-0.39, 0.29) is 11.9 Å². The zero-order valence-electron chi connectivity index (χ0n) is 17.6. The number of carbonyl (C=O) groups excluding carboxylic acids is 2. The number of aromatic nitrogens is 1. The third-order valence-corrected chi connectivity index (χ3v) is 4.90. The van der Waals surface area contributed by atoms with Crippen LogP contribution in [-0.4, -0.2) is 40.6 Å². The fourth-order valence-corrected chi connectivity index (χ4v) is 3.66. The molecule has 1 aliphatic heterocycles. The van der Waals surface area contributed by atoms with Gasteiger partial charge in [0.25, 0.3) is 5.91 Å². The van der Waals surface area contributed by atoms with Gasteiger partial charge in [-0.3, -0.25) is 9.69 Å². The van der Waals surface area contributed by atoms with Gasteiger partial charge in [-0.05, 0) is 58.7 Å². The van der Waals surface area contributed by atoms with Crippen molar-refractivity contribution in [1.82, 2.24) is 9.88 Å². The first kappa shape index (κ1) is 20.8. The Balaban J connectivity index is 1.93. The highest BCUT2D eigenvalue weighted by molar-refractivity contribution is 5.95. The van der Waals surface area contributed by atoms with E-state index < -0.39 is 11.7 Å². The van der Waals surface area contributed by atoms with Gasteiger partial charge < -0.3 is 9.64 Å². The molecule has 2 heterocycles. The zero-order valence-corrected chi connectivity index (χ0v) is 17.6. The van der Waals surface area contributed by atoms with Crippen LogP contribution >= 0.6 is 0 Å². The van der Waals surface area contributed by atoms with Gasteiger partial charge in [0.2, 0.25) is 0 Å². The van der Waals surface area contributed by atoms with Crippen molar-refractivity contribution >= 4 is 17.8 Å². The average Bonchev–Trinajstić information content (AvgIpc) is 3.17. The molecule has 2 amide bonds. The lowest BCUT2D eigenvalue weighted by molar-refractivity contribution is 0.0580. The van der Waals surface area contributed by atoms with Crippen LogP contribution in [0.1, 0.15) is 62.5 Å². The quantitative estimate of drug-likeness (QED) is 0.744. The number of hydrogen-bond donors (Lipinski definition) is 0. The van der Waals surface area contributed by atoms with Gasteiger partial charge in [0, 0.05) is 30.4 Å². The summed E-state index contributed by atoms with van der Waals surface area (Å²) in [6.45, 7) is 8.54. The van der Waals surface area contributed by atoms with Crippen LogP contribution in [0.4, 0.5) is 10.6 Å². The number of rotatable bonds is 4. The number of anilines is 1. The van der Waals surface area contributed by atoms with E-state index in [1.807, 2.05) is 75.1 Å². The molecule has 29 heavy (non-hydrogen) atoms. The standard InChI is InChI=1S/C23H29N3O3/c1-5-25(22(28)29-23(2,3)4)20-18(13-9-15-24-20)19-14-10-16-26(19)21(27)17-11-7-6-8-12-17/h6-9,11-13,15,19H,5,10,14,16H2,1-4H3/t19-/m1/s1. The summed E-state index contributed by atoms with van der Waals surface area (Å²) in [5.41, 5.74) is 0.952. The summed E-state index contributed by atoms with van der Waals surface area (Å²) in [7, 11) is 0. The van der Waals surface area contributed by atoms with Crippen molar-refractivity contribution in [1.29, 1.82) is 0 Å². The minimum absolute atomic E-state index is 0.00298. The highest BCUT2D eigenvalue weighted by Gasteiger charge is 2.34. The Morgan fingerprint density at radius 1 is 1.17 bits per heavy atom. The molecule has 1 aromatic carbocycles. The third kappa shape index (κ3) is 4.75. The molecule has 1 fully saturated rings. The smallest absolute Gasteiger partial charge is 0.415 e. The second kappa shape index (κ2) is 8.64. The van der Waals surface area contributed by atoms with Gasteiger partial charge in [-0.25, -0.2) is 9.78 Å². The van der Waals surface area contributed by atoms with Crippen molar-refractivity contribution in [2.24, 2.45) is 0 Å². The topological polar surface area (TPSA) is 62.7 Å². The Kier molecular flexibility index (Phi) is 6.20. The zero-order chi connectivity index (χ0) is 21.0. The van der Waals surface area contributed by atoms with Crippen LogP contribution in [0.2, 0.25) is 0 Å². The molecule has 1 atom stereocenters.